The summed E-state index contributed by atoms with van der Waals surface area (Å²) in [5.74, 6) is -1.08. The molecule has 0 aromatic carbocycles. The Morgan fingerprint density at radius 3 is 1.58 bits per heavy atom. The molecule has 0 aliphatic carbocycles. The number of rotatable bonds is 15. The van der Waals surface area contributed by atoms with Crippen molar-refractivity contribution in [1.29, 1.82) is 0 Å². The van der Waals surface area contributed by atoms with Gasteiger partial charge in [0.15, 0.2) is 0 Å². The van der Waals surface area contributed by atoms with Crippen LogP contribution in [-0.4, -0.2) is 18.0 Å². The van der Waals surface area contributed by atoms with Gasteiger partial charge in [-0.2, -0.15) is 0 Å². The van der Waals surface area contributed by atoms with Crippen LogP contribution in [0.25, 0.3) is 0 Å². The van der Waals surface area contributed by atoms with E-state index in [0.717, 1.165) is 19.3 Å². The quantitative estimate of drug-likeness (QED) is 0.212. The van der Waals surface area contributed by atoms with Crippen molar-refractivity contribution in [2.75, 3.05) is 0 Å². The van der Waals surface area contributed by atoms with Gasteiger partial charge in [-0.25, -0.2) is 4.79 Å². The Morgan fingerprint density at radius 2 is 1.21 bits per heavy atom. The molecule has 0 rings (SSSR count). The molecule has 0 aliphatic rings. The summed E-state index contributed by atoms with van der Waals surface area (Å²) < 4.78 is 4.62. The fourth-order valence-corrected chi connectivity index (χ4v) is 2.54. The Balaban J connectivity index is -0.00000242. The summed E-state index contributed by atoms with van der Waals surface area (Å²) >= 11 is 0. The monoisotopic (exact) mass is 351 g/mol. The molecule has 0 fully saturated rings. The maximum Gasteiger partial charge on any atom is 1.00 e. The van der Waals surface area contributed by atoms with Crippen LogP contribution in [0, 0.1) is 0 Å². The van der Waals surface area contributed by atoms with E-state index in [4.69, 9.17) is 5.73 Å². The van der Waals surface area contributed by atoms with Gasteiger partial charge in [-0.1, -0.05) is 84.0 Å². The van der Waals surface area contributed by atoms with E-state index in [-0.39, 0.29) is 31.0 Å². The van der Waals surface area contributed by atoms with E-state index < -0.39 is 18.0 Å². The molecule has 0 aliphatic heterocycles. The second-order valence-corrected chi connectivity index (χ2v) is 6.57. The van der Waals surface area contributed by atoms with Crippen molar-refractivity contribution in [3.63, 3.8) is 0 Å². The van der Waals surface area contributed by atoms with Crippen molar-refractivity contribution in [1.82, 2.24) is 0 Å². The fourth-order valence-electron chi connectivity index (χ4n) is 2.54. The predicted molar refractivity (Wildman–Crippen MR) is 96.2 cm³/mol. The maximum absolute atomic E-state index is 11.4. The molecule has 138 valence electrons. The van der Waals surface area contributed by atoms with Gasteiger partial charge in [0.2, 0.25) is 0 Å². The van der Waals surface area contributed by atoms with Crippen molar-refractivity contribution in [2.45, 2.75) is 110 Å². The second-order valence-electron chi connectivity index (χ2n) is 6.57. The molecule has 5 heteroatoms. The van der Waals surface area contributed by atoms with Crippen LogP contribution >= 0.6 is 0 Å². The third kappa shape index (κ3) is 18.4. The first-order chi connectivity index (χ1) is 11.1. The standard InChI is InChI=1S/C19H37NO3.Na.H/c1-3-4-5-6-7-8-9-10-11-12-13-14-15-16-18(21)23-19(22)17(2)20;;/h17H,3-16,20H2,1-2H3;;/q;+1;-1/t17-;;/m0../s1. The third-order valence-electron chi connectivity index (χ3n) is 4.07. The molecular weight excluding hydrogens is 313 g/mol. The smallest absolute Gasteiger partial charge is 1.00 e. The third-order valence-corrected chi connectivity index (χ3v) is 4.07. The van der Waals surface area contributed by atoms with Crippen molar-refractivity contribution in [3.8, 4) is 0 Å². The zero-order chi connectivity index (χ0) is 17.3. The van der Waals surface area contributed by atoms with E-state index in [1.165, 1.54) is 71.1 Å². The normalized spacial score (nSPS) is 11.6. The van der Waals surface area contributed by atoms with Crippen LogP contribution in [0.3, 0.4) is 0 Å². The van der Waals surface area contributed by atoms with E-state index in [1.807, 2.05) is 0 Å². The molecule has 0 saturated heterocycles. The van der Waals surface area contributed by atoms with Crippen LogP contribution in [0.5, 0.6) is 0 Å². The predicted octanol–water partition coefficient (Wildman–Crippen LogP) is 2.00. The Kier molecular flexibility index (Phi) is 21.3. The van der Waals surface area contributed by atoms with Gasteiger partial charge in [0.25, 0.3) is 0 Å². The number of carbonyl (C=O) groups excluding carboxylic acids is 2. The van der Waals surface area contributed by atoms with Crippen molar-refractivity contribution >= 4 is 11.9 Å². The zero-order valence-electron chi connectivity index (χ0n) is 17.3. The minimum absolute atomic E-state index is 0. The first-order valence-corrected chi connectivity index (χ1v) is 9.58. The SMILES string of the molecule is CCCCCCCCCCCCCCCC(=O)OC(=O)[C@H](C)N.[H-].[Na+]. The van der Waals surface area contributed by atoms with Crippen LogP contribution in [0.2, 0.25) is 0 Å². The molecule has 4 nitrogen and oxygen atoms in total. The number of hydrogen-bond donors (Lipinski definition) is 1. The summed E-state index contributed by atoms with van der Waals surface area (Å²) in [6, 6.07) is -0.731. The van der Waals surface area contributed by atoms with E-state index in [9.17, 15) is 9.59 Å². The Morgan fingerprint density at radius 1 is 0.833 bits per heavy atom. The summed E-state index contributed by atoms with van der Waals surface area (Å²) in [4.78, 5) is 22.5. The van der Waals surface area contributed by atoms with Gasteiger partial charge in [-0.15, -0.1) is 0 Å². The molecule has 0 radical (unpaired) electrons. The van der Waals surface area contributed by atoms with E-state index in [2.05, 4.69) is 11.7 Å². The van der Waals surface area contributed by atoms with Gasteiger partial charge >= 0.3 is 41.5 Å². The van der Waals surface area contributed by atoms with Crippen molar-refractivity contribution in [3.05, 3.63) is 0 Å². The first kappa shape index (κ1) is 26.3. The Labute approximate surface area is 172 Å². The summed E-state index contributed by atoms with van der Waals surface area (Å²) in [6.07, 6.45) is 16.8. The summed E-state index contributed by atoms with van der Waals surface area (Å²) in [7, 11) is 0. The molecule has 0 unspecified atom stereocenters. The molecule has 0 bridgehead atoms. The van der Waals surface area contributed by atoms with Gasteiger partial charge in [0, 0.05) is 6.42 Å². The van der Waals surface area contributed by atoms with Crippen LogP contribution in [0.1, 0.15) is 105 Å². The fraction of sp³-hybridized carbons (Fsp3) is 0.895. The van der Waals surface area contributed by atoms with Gasteiger partial charge in [-0.3, -0.25) is 4.79 Å². The average molecular weight is 352 g/mol. The Hall–Kier alpha value is 0.1000. The number of hydrogen-bond acceptors (Lipinski definition) is 4. The molecule has 0 amide bonds. The summed E-state index contributed by atoms with van der Waals surface area (Å²) in [5.41, 5.74) is 5.33. The number of nitrogens with two attached hydrogens (primary N) is 1. The number of carbonyl (C=O) groups is 2. The molecule has 24 heavy (non-hydrogen) atoms. The molecular formula is C19H38NNaO3. The molecule has 0 aromatic rings. The molecule has 0 spiro atoms. The van der Waals surface area contributed by atoms with E-state index in [0.29, 0.717) is 6.42 Å². The molecule has 2 N–H and O–H groups in total. The molecule has 0 heterocycles. The van der Waals surface area contributed by atoms with Crippen LogP contribution in [-0.2, 0) is 14.3 Å². The maximum atomic E-state index is 11.4. The second kappa shape index (κ2) is 19.4. The summed E-state index contributed by atoms with van der Waals surface area (Å²) in [6.45, 7) is 3.77. The van der Waals surface area contributed by atoms with Gasteiger partial charge < -0.3 is 11.9 Å². The van der Waals surface area contributed by atoms with Crippen LogP contribution < -0.4 is 35.3 Å². The molecule has 0 aromatic heterocycles. The van der Waals surface area contributed by atoms with Crippen LogP contribution in [0.4, 0.5) is 0 Å². The topological polar surface area (TPSA) is 69.4 Å². The van der Waals surface area contributed by atoms with Gasteiger partial charge in [-0.05, 0) is 13.3 Å². The minimum Gasteiger partial charge on any atom is -1.00 e. The van der Waals surface area contributed by atoms with E-state index >= 15 is 0 Å². The van der Waals surface area contributed by atoms with Crippen LogP contribution in [0.15, 0.2) is 0 Å². The molecule has 1 atom stereocenters. The van der Waals surface area contributed by atoms with E-state index in [1.54, 1.807) is 0 Å². The first-order valence-electron chi connectivity index (χ1n) is 9.58. The van der Waals surface area contributed by atoms with Gasteiger partial charge in [0.05, 0.1) is 0 Å². The number of unbranched alkanes of at least 4 members (excludes halogenated alkanes) is 12. The van der Waals surface area contributed by atoms with Crippen molar-refractivity contribution < 1.29 is 45.3 Å². The largest absolute Gasteiger partial charge is 1.00 e. The Bertz CT molecular complexity index is 315. The summed E-state index contributed by atoms with van der Waals surface area (Å²) in [5, 5.41) is 0. The molecule has 0 saturated carbocycles. The number of ether oxygens (including phenoxy) is 1. The van der Waals surface area contributed by atoms with Gasteiger partial charge in [0.1, 0.15) is 6.04 Å². The van der Waals surface area contributed by atoms with Crippen molar-refractivity contribution in [2.24, 2.45) is 5.73 Å². The number of esters is 2. The average Bonchev–Trinajstić information content (AvgIpc) is 2.51. The zero-order valence-corrected chi connectivity index (χ0v) is 18.3. The minimum atomic E-state index is -0.731.